The molecular weight excluding hydrogens is 198 g/mol. The minimum atomic E-state index is -0.197. The van der Waals surface area contributed by atoms with E-state index in [4.69, 9.17) is 20.9 Å². The van der Waals surface area contributed by atoms with Gasteiger partial charge >= 0.3 is 7.12 Å². The molecule has 0 radical (unpaired) electrons. The Morgan fingerprint density at radius 3 is 2.07 bits per heavy atom. The van der Waals surface area contributed by atoms with Crippen molar-refractivity contribution in [3.63, 3.8) is 0 Å². The zero-order valence-electron chi connectivity index (χ0n) is 9.34. The Balaban J connectivity index is 2.01. The summed E-state index contributed by atoms with van der Waals surface area (Å²) in [4.78, 5) is 0. The van der Waals surface area contributed by atoms with Crippen LogP contribution >= 0.6 is 11.6 Å². The number of halogens is 1. The first-order valence-electron chi connectivity index (χ1n) is 5.29. The van der Waals surface area contributed by atoms with E-state index in [1.54, 1.807) is 0 Å². The molecule has 1 aliphatic heterocycles. The maximum absolute atomic E-state index is 5.94. The third-order valence-electron chi connectivity index (χ3n) is 3.80. The van der Waals surface area contributed by atoms with Gasteiger partial charge in [-0.1, -0.05) is 0 Å². The van der Waals surface area contributed by atoms with Crippen LogP contribution < -0.4 is 0 Å². The fraction of sp³-hybridized carbons (Fsp3) is 1.00. The van der Waals surface area contributed by atoms with Gasteiger partial charge in [0, 0.05) is 5.88 Å². The van der Waals surface area contributed by atoms with Crippen molar-refractivity contribution in [1.29, 1.82) is 0 Å². The SMILES string of the molecule is CC1(C)OB(C2CC2CCl)OC1(C)C. The van der Waals surface area contributed by atoms with Gasteiger partial charge in [0.05, 0.1) is 11.2 Å². The molecule has 0 amide bonds. The molecule has 2 fully saturated rings. The Kier molecular flexibility index (Phi) is 2.41. The van der Waals surface area contributed by atoms with Gasteiger partial charge in [0.1, 0.15) is 0 Å². The van der Waals surface area contributed by atoms with Crippen LogP contribution in [0.25, 0.3) is 0 Å². The summed E-state index contributed by atoms with van der Waals surface area (Å²) < 4.78 is 11.9. The normalized spacial score (nSPS) is 38.8. The highest BCUT2D eigenvalue weighted by atomic mass is 35.5. The maximum Gasteiger partial charge on any atom is 0.461 e. The molecule has 0 bridgehead atoms. The predicted molar refractivity (Wildman–Crippen MR) is 58.7 cm³/mol. The largest absolute Gasteiger partial charge is 0.461 e. The van der Waals surface area contributed by atoms with E-state index in [9.17, 15) is 0 Å². The van der Waals surface area contributed by atoms with Gasteiger partial charge in [0.15, 0.2) is 0 Å². The van der Waals surface area contributed by atoms with Crippen molar-refractivity contribution in [3.05, 3.63) is 0 Å². The summed E-state index contributed by atoms with van der Waals surface area (Å²) in [6.07, 6.45) is 1.15. The molecule has 14 heavy (non-hydrogen) atoms. The van der Waals surface area contributed by atoms with E-state index in [-0.39, 0.29) is 18.3 Å². The number of alkyl halides is 1. The van der Waals surface area contributed by atoms with Crippen LogP contribution in [0.2, 0.25) is 5.82 Å². The van der Waals surface area contributed by atoms with Crippen LogP contribution in [-0.2, 0) is 9.31 Å². The van der Waals surface area contributed by atoms with E-state index in [0.717, 1.165) is 12.3 Å². The van der Waals surface area contributed by atoms with Gasteiger partial charge in [-0.25, -0.2) is 0 Å². The van der Waals surface area contributed by atoms with Crippen LogP contribution in [0.3, 0.4) is 0 Å². The number of hydrogen-bond donors (Lipinski definition) is 0. The minimum Gasteiger partial charge on any atom is -0.403 e. The lowest BCUT2D eigenvalue weighted by atomic mass is 9.81. The van der Waals surface area contributed by atoms with E-state index < -0.39 is 0 Å². The molecule has 0 spiro atoms. The van der Waals surface area contributed by atoms with Crippen molar-refractivity contribution in [1.82, 2.24) is 0 Å². The maximum atomic E-state index is 5.94. The molecule has 0 N–H and O–H groups in total. The Morgan fingerprint density at radius 1 is 1.21 bits per heavy atom. The second kappa shape index (κ2) is 3.13. The van der Waals surface area contributed by atoms with Gasteiger partial charge in [0.2, 0.25) is 0 Å². The number of hydrogen-bond acceptors (Lipinski definition) is 2. The molecular formula is C10H18BClO2. The second-order valence-corrected chi connectivity index (χ2v) is 5.75. The highest BCUT2D eigenvalue weighted by molar-refractivity contribution is 6.49. The van der Waals surface area contributed by atoms with Crippen LogP contribution in [-0.4, -0.2) is 24.2 Å². The van der Waals surface area contributed by atoms with Crippen molar-refractivity contribution < 1.29 is 9.31 Å². The molecule has 2 aliphatic rings. The molecule has 2 atom stereocenters. The lowest BCUT2D eigenvalue weighted by Crippen LogP contribution is -2.41. The predicted octanol–water partition coefficient (Wildman–Crippen LogP) is 2.71. The summed E-state index contributed by atoms with van der Waals surface area (Å²) in [5.41, 5.74) is -0.395. The molecule has 1 saturated carbocycles. The average Bonchev–Trinajstić information content (AvgIpc) is 2.75. The molecule has 2 nitrogen and oxygen atoms in total. The van der Waals surface area contributed by atoms with Crippen molar-refractivity contribution >= 4 is 18.7 Å². The van der Waals surface area contributed by atoms with Crippen LogP contribution in [0.1, 0.15) is 34.1 Å². The molecule has 2 rings (SSSR count). The Bertz CT molecular complexity index is 226. The molecule has 0 aromatic carbocycles. The highest BCUT2D eigenvalue weighted by Crippen LogP contribution is 2.53. The first-order valence-corrected chi connectivity index (χ1v) is 5.82. The van der Waals surface area contributed by atoms with Gasteiger partial charge in [-0.05, 0) is 45.9 Å². The standard InChI is InChI=1S/C10H18BClO2/c1-9(2)10(3,4)14-11(13-9)8-5-7(8)6-12/h7-8H,5-6H2,1-4H3. The van der Waals surface area contributed by atoms with E-state index in [1.807, 2.05) is 0 Å². The van der Waals surface area contributed by atoms with Crippen LogP contribution in [0.15, 0.2) is 0 Å². The second-order valence-electron chi connectivity index (χ2n) is 5.44. The van der Waals surface area contributed by atoms with E-state index in [1.165, 1.54) is 0 Å². The summed E-state index contributed by atoms with van der Waals surface area (Å²) in [5, 5.41) is 0. The molecule has 0 aromatic heterocycles. The zero-order chi connectivity index (χ0) is 10.6. The summed E-state index contributed by atoms with van der Waals surface area (Å²) in [6.45, 7) is 8.35. The summed E-state index contributed by atoms with van der Waals surface area (Å²) in [7, 11) is -0.0382. The molecule has 0 aromatic rings. The molecule has 1 saturated heterocycles. The van der Waals surface area contributed by atoms with Crippen LogP contribution in [0.4, 0.5) is 0 Å². The lowest BCUT2D eigenvalue weighted by Gasteiger charge is -2.32. The molecule has 80 valence electrons. The lowest BCUT2D eigenvalue weighted by molar-refractivity contribution is 0.00578. The van der Waals surface area contributed by atoms with Gasteiger partial charge in [0.25, 0.3) is 0 Å². The van der Waals surface area contributed by atoms with Gasteiger partial charge in [-0.2, -0.15) is 0 Å². The van der Waals surface area contributed by atoms with E-state index >= 15 is 0 Å². The highest BCUT2D eigenvalue weighted by Gasteiger charge is 2.59. The smallest absolute Gasteiger partial charge is 0.403 e. The van der Waals surface area contributed by atoms with Crippen LogP contribution in [0, 0.1) is 5.92 Å². The van der Waals surface area contributed by atoms with Gasteiger partial charge in [-0.3, -0.25) is 0 Å². The van der Waals surface area contributed by atoms with E-state index in [0.29, 0.717) is 11.7 Å². The monoisotopic (exact) mass is 216 g/mol. The third kappa shape index (κ3) is 1.60. The molecule has 1 heterocycles. The van der Waals surface area contributed by atoms with E-state index in [2.05, 4.69) is 27.7 Å². The topological polar surface area (TPSA) is 18.5 Å². The van der Waals surface area contributed by atoms with Crippen molar-refractivity contribution in [2.24, 2.45) is 5.92 Å². The first-order chi connectivity index (χ1) is 6.37. The number of rotatable bonds is 2. The summed E-state index contributed by atoms with van der Waals surface area (Å²) >= 11 is 5.80. The van der Waals surface area contributed by atoms with Gasteiger partial charge < -0.3 is 9.31 Å². The molecule has 2 unspecified atom stereocenters. The van der Waals surface area contributed by atoms with Gasteiger partial charge in [-0.15, -0.1) is 11.6 Å². The third-order valence-corrected chi connectivity index (χ3v) is 4.19. The summed E-state index contributed by atoms with van der Waals surface area (Å²) in [5.74, 6) is 1.86. The zero-order valence-corrected chi connectivity index (χ0v) is 10.1. The Morgan fingerprint density at radius 2 is 1.71 bits per heavy atom. The minimum absolute atomic E-state index is 0.0382. The van der Waals surface area contributed by atoms with Crippen molar-refractivity contribution in [3.8, 4) is 0 Å². The average molecular weight is 217 g/mol. The Labute approximate surface area is 91.4 Å². The van der Waals surface area contributed by atoms with Crippen molar-refractivity contribution in [2.75, 3.05) is 5.88 Å². The Hall–Kier alpha value is 0.275. The quantitative estimate of drug-likeness (QED) is 0.522. The molecule has 4 heteroatoms. The van der Waals surface area contributed by atoms with Crippen molar-refractivity contribution in [2.45, 2.75) is 51.1 Å². The summed E-state index contributed by atoms with van der Waals surface area (Å²) in [6, 6.07) is 0. The fourth-order valence-corrected chi connectivity index (χ4v) is 2.20. The molecule has 1 aliphatic carbocycles. The first kappa shape index (κ1) is 10.8. The fourth-order valence-electron chi connectivity index (χ4n) is 1.85. The van der Waals surface area contributed by atoms with Crippen LogP contribution in [0.5, 0.6) is 0 Å².